The van der Waals surface area contributed by atoms with Gasteiger partial charge in [0.1, 0.15) is 5.69 Å². The number of halogens is 1. The number of sulfonamides is 1. The van der Waals surface area contributed by atoms with E-state index in [4.69, 9.17) is 0 Å². The number of nitrogens with one attached hydrogen (secondary N) is 3. The number of allylic oxidation sites excluding steroid dienone is 1. The van der Waals surface area contributed by atoms with Crippen molar-refractivity contribution in [2.24, 2.45) is 9.98 Å². The Morgan fingerprint density at radius 3 is 2.61 bits per heavy atom. The Kier molecular flexibility index (Phi) is 11.0. The molecule has 1 atom stereocenters. The molecule has 208 valence electrons. The standard InChI is InChI=1S/C25H36FN7O4S/c1-8-13-38(35,36)32-21-12-10-11-18(22(21)26)23-19(15-33(31-23)16(3)4)20(9-2)30-24(27-6)28-14-17(5)29-25(34)37-7/h9-12,15-17,32H,6,8,13-14H2,1-5,7H3,(H,28,30)(H,29,34)/b20-9-/t17-/m0/s1. The summed E-state index contributed by atoms with van der Waals surface area (Å²) in [4.78, 5) is 19.9. The third kappa shape index (κ3) is 8.13. The molecule has 2 rings (SSSR count). The summed E-state index contributed by atoms with van der Waals surface area (Å²) >= 11 is 0. The van der Waals surface area contributed by atoms with Gasteiger partial charge in [-0.25, -0.2) is 27.6 Å². The number of hydrogen-bond donors (Lipinski definition) is 3. The van der Waals surface area contributed by atoms with Gasteiger partial charge in [0.05, 0.1) is 24.2 Å². The van der Waals surface area contributed by atoms with Gasteiger partial charge in [-0.05, 0) is 53.0 Å². The summed E-state index contributed by atoms with van der Waals surface area (Å²) in [6.45, 7) is 13.0. The number of carbonyl (C=O) groups excluding carboxylic acids is 1. The first-order valence-corrected chi connectivity index (χ1v) is 13.8. The van der Waals surface area contributed by atoms with Crippen LogP contribution in [0.25, 0.3) is 17.0 Å². The maximum Gasteiger partial charge on any atom is 0.407 e. The van der Waals surface area contributed by atoms with E-state index in [-0.39, 0.29) is 47.3 Å². The fourth-order valence-corrected chi connectivity index (χ4v) is 4.54. The lowest BCUT2D eigenvalue weighted by Gasteiger charge is -2.14. The number of aliphatic imine (C=N–C) groups is 2. The number of nitrogens with zero attached hydrogens (tertiary/aromatic N) is 4. The number of hydrogen-bond acceptors (Lipinski definition) is 6. The van der Waals surface area contributed by atoms with E-state index in [2.05, 4.69) is 41.9 Å². The number of alkyl carbamates (subject to hydrolysis) is 1. The third-order valence-electron chi connectivity index (χ3n) is 5.29. The minimum atomic E-state index is -3.70. The zero-order valence-corrected chi connectivity index (χ0v) is 23.4. The molecule has 2 aromatic rings. The van der Waals surface area contributed by atoms with Crippen LogP contribution in [-0.2, 0) is 14.8 Å². The molecule has 0 saturated carbocycles. The molecule has 1 aromatic carbocycles. The highest BCUT2D eigenvalue weighted by Gasteiger charge is 2.22. The molecule has 1 heterocycles. The molecule has 38 heavy (non-hydrogen) atoms. The molecule has 11 nitrogen and oxygen atoms in total. The van der Waals surface area contributed by atoms with E-state index < -0.39 is 21.9 Å². The zero-order valence-electron chi connectivity index (χ0n) is 22.6. The number of guanidine groups is 1. The molecule has 3 N–H and O–H groups in total. The smallest absolute Gasteiger partial charge is 0.407 e. The van der Waals surface area contributed by atoms with Crippen molar-refractivity contribution in [1.29, 1.82) is 0 Å². The molecular weight excluding hydrogens is 513 g/mol. The summed E-state index contributed by atoms with van der Waals surface area (Å²) in [6, 6.07) is 4.13. The van der Waals surface area contributed by atoms with Gasteiger partial charge < -0.3 is 15.4 Å². The molecule has 0 aliphatic rings. The largest absolute Gasteiger partial charge is 0.453 e. The van der Waals surface area contributed by atoms with E-state index in [1.807, 2.05) is 13.8 Å². The molecule has 0 aliphatic heterocycles. The maximum atomic E-state index is 15.6. The Morgan fingerprint density at radius 1 is 1.32 bits per heavy atom. The summed E-state index contributed by atoms with van der Waals surface area (Å²) in [7, 11) is -2.42. The molecule has 0 fully saturated rings. The van der Waals surface area contributed by atoms with Gasteiger partial charge in [-0.2, -0.15) is 5.10 Å². The highest BCUT2D eigenvalue weighted by Crippen LogP contribution is 2.34. The molecule has 0 radical (unpaired) electrons. The summed E-state index contributed by atoms with van der Waals surface area (Å²) in [6.07, 6.45) is 3.30. The summed E-state index contributed by atoms with van der Waals surface area (Å²) < 4.78 is 48.8. The summed E-state index contributed by atoms with van der Waals surface area (Å²) in [5.41, 5.74) is 1.19. The molecular formula is C25H36FN7O4S. The van der Waals surface area contributed by atoms with Crippen LogP contribution in [0.5, 0.6) is 0 Å². The Hall–Kier alpha value is -3.74. The Morgan fingerprint density at radius 2 is 2.03 bits per heavy atom. The number of benzene rings is 1. The number of ether oxygens (including phenoxy) is 1. The monoisotopic (exact) mass is 549 g/mol. The molecule has 0 aliphatic carbocycles. The lowest BCUT2D eigenvalue weighted by atomic mass is 10.0. The second-order valence-corrected chi connectivity index (χ2v) is 10.6. The van der Waals surface area contributed by atoms with Crippen molar-refractivity contribution in [1.82, 2.24) is 20.4 Å². The third-order valence-corrected chi connectivity index (χ3v) is 6.77. The maximum absolute atomic E-state index is 15.6. The van der Waals surface area contributed by atoms with Crippen molar-refractivity contribution in [2.45, 2.75) is 53.1 Å². The number of rotatable bonds is 11. The highest BCUT2D eigenvalue weighted by atomic mass is 32.2. The second-order valence-electron chi connectivity index (χ2n) is 8.74. The van der Waals surface area contributed by atoms with E-state index >= 15 is 4.39 Å². The van der Waals surface area contributed by atoms with Crippen LogP contribution in [0.1, 0.15) is 52.6 Å². The first-order chi connectivity index (χ1) is 18.0. The fraction of sp³-hybridized carbons (Fsp3) is 0.440. The predicted molar refractivity (Wildman–Crippen MR) is 149 cm³/mol. The van der Waals surface area contributed by atoms with Crippen molar-refractivity contribution >= 4 is 40.2 Å². The van der Waals surface area contributed by atoms with Gasteiger partial charge in [0.2, 0.25) is 16.0 Å². The number of carbonyl (C=O) groups is 1. The van der Waals surface area contributed by atoms with E-state index in [1.54, 1.807) is 43.8 Å². The summed E-state index contributed by atoms with van der Waals surface area (Å²) in [5, 5.41) is 10.2. The lowest BCUT2D eigenvalue weighted by Crippen LogP contribution is -2.41. The quantitative estimate of drug-likeness (QED) is 0.284. The van der Waals surface area contributed by atoms with Crippen molar-refractivity contribution in [3.05, 3.63) is 41.9 Å². The topological polar surface area (TPSA) is 139 Å². The van der Waals surface area contributed by atoms with Crippen molar-refractivity contribution < 1.29 is 22.3 Å². The van der Waals surface area contributed by atoms with Crippen LogP contribution in [0.3, 0.4) is 0 Å². The molecule has 0 spiro atoms. The van der Waals surface area contributed by atoms with Gasteiger partial charge in [0, 0.05) is 36.0 Å². The average molecular weight is 550 g/mol. The van der Waals surface area contributed by atoms with Crippen LogP contribution in [-0.4, -0.2) is 62.4 Å². The van der Waals surface area contributed by atoms with Gasteiger partial charge in [-0.15, -0.1) is 0 Å². The fourth-order valence-electron chi connectivity index (χ4n) is 3.40. The van der Waals surface area contributed by atoms with Crippen LogP contribution >= 0.6 is 0 Å². The number of amides is 1. The molecule has 0 unspecified atom stereocenters. The molecule has 0 bridgehead atoms. The van der Waals surface area contributed by atoms with Gasteiger partial charge in [-0.3, -0.25) is 9.40 Å². The van der Waals surface area contributed by atoms with Crippen LogP contribution in [0.15, 0.2) is 40.5 Å². The minimum Gasteiger partial charge on any atom is -0.453 e. The van der Waals surface area contributed by atoms with Gasteiger partial charge in [-0.1, -0.05) is 19.1 Å². The molecule has 1 aromatic heterocycles. The van der Waals surface area contributed by atoms with E-state index in [9.17, 15) is 13.2 Å². The van der Waals surface area contributed by atoms with Crippen molar-refractivity contribution in [2.75, 3.05) is 24.1 Å². The van der Waals surface area contributed by atoms with Crippen LogP contribution in [0, 0.1) is 5.82 Å². The SMILES string of the molecule is C=N/C(=N\C(=C/C)c1cn(C(C)C)nc1-c1cccc(NS(=O)(=O)CCC)c1F)NC[C@H](C)NC(=O)OC. The molecule has 0 saturated heterocycles. The highest BCUT2D eigenvalue weighted by molar-refractivity contribution is 7.92. The Bertz CT molecular complexity index is 1300. The van der Waals surface area contributed by atoms with E-state index in [0.717, 1.165) is 0 Å². The average Bonchev–Trinajstić information content (AvgIpc) is 3.30. The molecule has 1 amide bonds. The second kappa shape index (κ2) is 13.7. The van der Waals surface area contributed by atoms with Gasteiger partial charge in [0.25, 0.3) is 0 Å². The Labute approximate surface area is 223 Å². The first-order valence-electron chi connectivity index (χ1n) is 12.1. The number of anilines is 1. The van der Waals surface area contributed by atoms with Gasteiger partial charge in [0.15, 0.2) is 5.82 Å². The number of aromatic nitrogens is 2. The van der Waals surface area contributed by atoms with Crippen LogP contribution < -0.4 is 15.4 Å². The van der Waals surface area contributed by atoms with Crippen molar-refractivity contribution in [3.63, 3.8) is 0 Å². The first kappa shape index (κ1) is 30.5. The normalized spacial score (nSPS) is 13.3. The van der Waals surface area contributed by atoms with Crippen LogP contribution in [0.2, 0.25) is 0 Å². The van der Waals surface area contributed by atoms with E-state index in [0.29, 0.717) is 17.7 Å². The lowest BCUT2D eigenvalue weighted by molar-refractivity contribution is 0.167. The summed E-state index contributed by atoms with van der Waals surface area (Å²) in [5.74, 6) is -0.689. The zero-order chi connectivity index (χ0) is 28.5. The van der Waals surface area contributed by atoms with E-state index in [1.165, 1.54) is 19.2 Å². The van der Waals surface area contributed by atoms with Crippen molar-refractivity contribution in [3.8, 4) is 11.3 Å². The van der Waals surface area contributed by atoms with Gasteiger partial charge >= 0.3 is 6.09 Å². The molecule has 13 heteroatoms. The number of methoxy groups -OCH3 is 1. The minimum absolute atomic E-state index is 0.0424. The predicted octanol–water partition coefficient (Wildman–Crippen LogP) is 4.17. The van der Waals surface area contributed by atoms with Crippen LogP contribution in [0.4, 0.5) is 14.9 Å². The Balaban J connectivity index is 2.50.